The largest absolute Gasteiger partial charge is 0.465 e. The Kier molecular flexibility index (Phi) is 8.68. The summed E-state index contributed by atoms with van der Waals surface area (Å²) in [4.78, 5) is 15.8. The van der Waals surface area contributed by atoms with E-state index in [0.29, 0.717) is 16.8 Å². The predicted molar refractivity (Wildman–Crippen MR) is 84.7 cm³/mol. The molecule has 4 nitrogen and oxygen atoms in total. The zero-order valence-electron chi connectivity index (χ0n) is 12.4. The van der Waals surface area contributed by atoms with Gasteiger partial charge in [-0.15, -0.1) is 0 Å². The second-order valence-electron chi connectivity index (χ2n) is 4.92. The monoisotopic (exact) mass is 352 g/mol. The highest BCUT2D eigenvalue weighted by atomic mass is 79.9. The van der Waals surface area contributed by atoms with Crippen molar-refractivity contribution >= 4 is 21.9 Å². The smallest absolute Gasteiger partial charge is 0.310 e. The van der Waals surface area contributed by atoms with Crippen LogP contribution in [0.3, 0.4) is 0 Å². The van der Waals surface area contributed by atoms with Crippen LogP contribution in [-0.4, -0.2) is 17.6 Å². The number of nitrogens with zero attached hydrogens (tertiary/aromatic N) is 2. The van der Waals surface area contributed by atoms with E-state index in [0.717, 1.165) is 12.8 Å². The summed E-state index contributed by atoms with van der Waals surface area (Å²) in [5.74, 6) is -0.302. The van der Waals surface area contributed by atoms with E-state index < -0.39 is 0 Å². The van der Waals surface area contributed by atoms with Gasteiger partial charge in [-0.05, 0) is 34.0 Å². The van der Waals surface area contributed by atoms with Crippen molar-refractivity contribution in [2.75, 3.05) is 6.61 Å². The molecule has 0 fully saturated rings. The van der Waals surface area contributed by atoms with Crippen molar-refractivity contribution in [1.82, 2.24) is 4.98 Å². The van der Waals surface area contributed by atoms with Gasteiger partial charge < -0.3 is 4.74 Å². The molecule has 0 atom stereocenters. The first kappa shape index (κ1) is 17.6. The van der Waals surface area contributed by atoms with E-state index in [2.05, 4.69) is 27.8 Å². The SMILES string of the molecule is CCCCCCCCOC(=O)Cc1ccc(Br)nc1C#N. The standard InChI is InChI=1S/C16H21BrN2O2/c1-2-3-4-5-6-7-10-21-16(20)11-13-8-9-15(17)19-14(13)12-18/h8-9H,2-7,10-11H2,1H3. The molecule has 0 saturated carbocycles. The first-order valence-corrected chi connectivity index (χ1v) is 8.17. The number of halogens is 1. The molecule has 0 amide bonds. The first-order valence-electron chi connectivity index (χ1n) is 7.38. The lowest BCUT2D eigenvalue weighted by Crippen LogP contribution is -2.10. The average Bonchev–Trinajstić information content (AvgIpc) is 2.48. The Labute approximate surface area is 134 Å². The summed E-state index contributed by atoms with van der Waals surface area (Å²) in [7, 11) is 0. The Morgan fingerprint density at radius 3 is 2.71 bits per heavy atom. The minimum atomic E-state index is -0.302. The van der Waals surface area contributed by atoms with Crippen LogP contribution in [0.2, 0.25) is 0 Å². The third kappa shape index (κ3) is 7.24. The van der Waals surface area contributed by atoms with E-state index >= 15 is 0 Å². The second kappa shape index (κ2) is 10.3. The maximum absolute atomic E-state index is 11.7. The van der Waals surface area contributed by atoms with E-state index in [9.17, 15) is 4.79 Å². The molecular formula is C16H21BrN2O2. The molecule has 0 radical (unpaired) electrons. The highest BCUT2D eigenvalue weighted by Crippen LogP contribution is 2.13. The molecule has 1 aromatic heterocycles. The molecule has 0 spiro atoms. The average molecular weight is 353 g/mol. The lowest BCUT2D eigenvalue weighted by molar-refractivity contribution is -0.142. The van der Waals surface area contributed by atoms with Gasteiger partial charge in [0.2, 0.25) is 0 Å². The van der Waals surface area contributed by atoms with E-state index in [-0.39, 0.29) is 18.1 Å². The van der Waals surface area contributed by atoms with Crippen LogP contribution in [0.4, 0.5) is 0 Å². The van der Waals surface area contributed by atoms with Gasteiger partial charge in [0.25, 0.3) is 0 Å². The molecule has 1 rings (SSSR count). The third-order valence-corrected chi connectivity index (χ3v) is 3.59. The molecule has 0 aromatic carbocycles. The van der Waals surface area contributed by atoms with Crippen LogP contribution < -0.4 is 0 Å². The molecule has 0 saturated heterocycles. The van der Waals surface area contributed by atoms with Crippen LogP contribution in [0, 0.1) is 11.3 Å². The molecule has 0 aliphatic carbocycles. The Morgan fingerprint density at radius 1 is 1.29 bits per heavy atom. The van der Waals surface area contributed by atoms with Gasteiger partial charge in [-0.3, -0.25) is 4.79 Å². The van der Waals surface area contributed by atoms with E-state index in [1.807, 2.05) is 6.07 Å². The Balaban J connectivity index is 2.27. The zero-order valence-corrected chi connectivity index (χ0v) is 14.0. The van der Waals surface area contributed by atoms with Crippen LogP contribution in [0.25, 0.3) is 0 Å². The Hall–Kier alpha value is -1.41. The van der Waals surface area contributed by atoms with Gasteiger partial charge in [-0.2, -0.15) is 5.26 Å². The normalized spacial score (nSPS) is 10.1. The van der Waals surface area contributed by atoms with Gasteiger partial charge in [0.05, 0.1) is 13.0 Å². The van der Waals surface area contributed by atoms with Gasteiger partial charge in [0.15, 0.2) is 0 Å². The summed E-state index contributed by atoms with van der Waals surface area (Å²) in [6, 6.07) is 5.43. The minimum absolute atomic E-state index is 0.0962. The number of pyridine rings is 1. The Morgan fingerprint density at radius 2 is 2.00 bits per heavy atom. The third-order valence-electron chi connectivity index (χ3n) is 3.15. The number of rotatable bonds is 9. The van der Waals surface area contributed by atoms with Crippen LogP contribution >= 0.6 is 15.9 Å². The molecule has 0 aliphatic heterocycles. The fraction of sp³-hybridized carbons (Fsp3) is 0.562. The van der Waals surface area contributed by atoms with Crippen LogP contribution in [0.5, 0.6) is 0 Å². The summed E-state index contributed by atoms with van der Waals surface area (Å²) in [5.41, 5.74) is 0.870. The van der Waals surface area contributed by atoms with Gasteiger partial charge in [-0.25, -0.2) is 4.98 Å². The maximum atomic E-state index is 11.7. The molecule has 0 bridgehead atoms. The molecule has 21 heavy (non-hydrogen) atoms. The molecule has 0 unspecified atom stereocenters. The quantitative estimate of drug-likeness (QED) is 0.380. The van der Waals surface area contributed by atoms with E-state index in [4.69, 9.17) is 10.00 Å². The minimum Gasteiger partial charge on any atom is -0.465 e. The van der Waals surface area contributed by atoms with Gasteiger partial charge in [0.1, 0.15) is 16.4 Å². The van der Waals surface area contributed by atoms with Crippen molar-refractivity contribution in [2.24, 2.45) is 0 Å². The molecule has 1 heterocycles. The van der Waals surface area contributed by atoms with Crippen molar-refractivity contribution < 1.29 is 9.53 Å². The second-order valence-corrected chi connectivity index (χ2v) is 5.73. The fourth-order valence-electron chi connectivity index (χ4n) is 1.98. The molecule has 114 valence electrons. The van der Waals surface area contributed by atoms with Crippen molar-refractivity contribution in [3.63, 3.8) is 0 Å². The van der Waals surface area contributed by atoms with E-state index in [1.54, 1.807) is 12.1 Å². The maximum Gasteiger partial charge on any atom is 0.310 e. The van der Waals surface area contributed by atoms with Crippen LogP contribution in [0.15, 0.2) is 16.7 Å². The number of aromatic nitrogens is 1. The van der Waals surface area contributed by atoms with Crippen molar-refractivity contribution in [3.05, 3.63) is 28.0 Å². The van der Waals surface area contributed by atoms with Crippen molar-refractivity contribution in [3.8, 4) is 6.07 Å². The summed E-state index contributed by atoms with van der Waals surface area (Å²) in [6.45, 7) is 2.64. The number of unbranched alkanes of at least 4 members (excludes halogenated alkanes) is 5. The topological polar surface area (TPSA) is 63.0 Å². The number of ether oxygens (including phenoxy) is 1. The number of hydrogen-bond donors (Lipinski definition) is 0. The van der Waals surface area contributed by atoms with Crippen LogP contribution in [0.1, 0.15) is 56.7 Å². The lowest BCUT2D eigenvalue weighted by Gasteiger charge is -2.06. The Bertz CT molecular complexity index is 498. The summed E-state index contributed by atoms with van der Waals surface area (Å²) in [6.07, 6.45) is 7.04. The van der Waals surface area contributed by atoms with E-state index in [1.165, 1.54) is 25.7 Å². The summed E-state index contributed by atoms with van der Waals surface area (Å²) in [5, 5.41) is 8.99. The van der Waals surface area contributed by atoms with Gasteiger partial charge in [0, 0.05) is 0 Å². The summed E-state index contributed by atoms with van der Waals surface area (Å²) >= 11 is 3.20. The molecule has 1 aromatic rings. The van der Waals surface area contributed by atoms with Gasteiger partial charge in [-0.1, -0.05) is 45.1 Å². The molecular weight excluding hydrogens is 332 g/mol. The number of hydrogen-bond acceptors (Lipinski definition) is 4. The zero-order chi connectivity index (χ0) is 15.5. The number of esters is 1. The number of nitriles is 1. The highest BCUT2D eigenvalue weighted by molar-refractivity contribution is 9.10. The van der Waals surface area contributed by atoms with Crippen molar-refractivity contribution in [2.45, 2.75) is 51.9 Å². The lowest BCUT2D eigenvalue weighted by atomic mass is 10.1. The molecule has 0 aliphatic rings. The summed E-state index contributed by atoms with van der Waals surface area (Å²) < 4.78 is 5.78. The fourth-order valence-corrected chi connectivity index (χ4v) is 2.29. The number of carbonyl (C=O) groups excluding carboxylic acids is 1. The highest BCUT2D eigenvalue weighted by Gasteiger charge is 2.10. The first-order chi connectivity index (χ1) is 10.2. The van der Waals surface area contributed by atoms with Gasteiger partial charge >= 0.3 is 5.97 Å². The predicted octanol–water partition coefficient (Wildman–Crippen LogP) is 4.16. The number of carbonyl (C=O) groups is 1. The molecule has 5 heteroatoms. The molecule has 0 N–H and O–H groups in total. The van der Waals surface area contributed by atoms with Crippen LogP contribution in [-0.2, 0) is 16.0 Å². The van der Waals surface area contributed by atoms with Crippen molar-refractivity contribution in [1.29, 1.82) is 5.26 Å².